The number of hydrogen-bond donors (Lipinski definition) is 2. The van der Waals surface area contributed by atoms with Crippen molar-refractivity contribution in [2.24, 2.45) is 7.05 Å². The van der Waals surface area contributed by atoms with Crippen LogP contribution >= 0.6 is 0 Å². The molecular weight excluding hydrogens is 210 g/mol. The van der Waals surface area contributed by atoms with Crippen LogP contribution in [0.25, 0.3) is 0 Å². The van der Waals surface area contributed by atoms with Gasteiger partial charge in [-0.2, -0.15) is 15.2 Å². The van der Waals surface area contributed by atoms with Crippen LogP contribution in [0, 0.1) is 0 Å². The van der Waals surface area contributed by atoms with Crippen molar-refractivity contribution < 1.29 is 4.79 Å². The monoisotopic (exact) mass is 221 g/mol. The molecule has 0 unspecified atom stereocenters. The fraction of sp³-hybridized carbons (Fsp3) is 0.250. The molecule has 0 aliphatic heterocycles. The highest BCUT2D eigenvalue weighted by atomic mass is 16.2. The summed E-state index contributed by atoms with van der Waals surface area (Å²) in [5, 5.41) is 10.3. The maximum absolute atomic E-state index is 11.5. The smallest absolute Gasteiger partial charge is 0.248 e. The summed E-state index contributed by atoms with van der Waals surface area (Å²) >= 11 is 0. The van der Waals surface area contributed by atoms with Gasteiger partial charge >= 0.3 is 0 Å². The van der Waals surface area contributed by atoms with E-state index in [1.807, 2.05) is 0 Å². The molecule has 2 rings (SSSR count). The van der Waals surface area contributed by atoms with Gasteiger partial charge in [-0.3, -0.25) is 14.8 Å². The molecule has 0 aromatic carbocycles. The van der Waals surface area contributed by atoms with Crippen molar-refractivity contribution in [2.45, 2.75) is 6.54 Å². The Hall–Kier alpha value is -2.38. The number of nitrogen functional groups attached to an aromatic ring is 1. The molecule has 0 spiro atoms. The first-order valence-corrected chi connectivity index (χ1v) is 4.57. The molecule has 1 amide bonds. The lowest BCUT2D eigenvalue weighted by molar-refractivity contribution is -0.117. The van der Waals surface area contributed by atoms with Crippen LogP contribution in [-0.4, -0.2) is 30.5 Å². The minimum atomic E-state index is -0.237. The van der Waals surface area contributed by atoms with Crippen LogP contribution in [0.4, 0.5) is 11.6 Å². The third-order valence-electron chi connectivity index (χ3n) is 1.92. The third kappa shape index (κ3) is 2.16. The van der Waals surface area contributed by atoms with E-state index in [0.717, 1.165) is 0 Å². The zero-order valence-electron chi connectivity index (χ0n) is 8.66. The predicted octanol–water partition coefficient (Wildman–Crippen LogP) is -0.767. The fourth-order valence-corrected chi connectivity index (χ4v) is 1.19. The second-order valence-electron chi connectivity index (χ2n) is 3.23. The lowest BCUT2D eigenvalue weighted by Gasteiger charge is -2.03. The zero-order chi connectivity index (χ0) is 11.5. The fourth-order valence-electron chi connectivity index (χ4n) is 1.19. The standard InChI is InChI=1S/C8H11N7O/c1-14-8(10-5-12-14)13-7(16)4-15-3-6(9)2-11-15/h2-3,5H,4,9H2,1H3,(H,10,12,13,16). The molecule has 84 valence electrons. The van der Waals surface area contributed by atoms with E-state index >= 15 is 0 Å². The van der Waals surface area contributed by atoms with Gasteiger partial charge in [-0.05, 0) is 0 Å². The van der Waals surface area contributed by atoms with Gasteiger partial charge in [-0.1, -0.05) is 0 Å². The Morgan fingerprint density at radius 3 is 2.94 bits per heavy atom. The Labute approximate surface area is 91.1 Å². The van der Waals surface area contributed by atoms with E-state index in [9.17, 15) is 4.79 Å². The van der Waals surface area contributed by atoms with Gasteiger partial charge in [-0.15, -0.1) is 0 Å². The van der Waals surface area contributed by atoms with Gasteiger partial charge in [0.25, 0.3) is 0 Å². The summed E-state index contributed by atoms with van der Waals surface area (Å²) in [7, 11) is 1.69. The molecule has 0 fully saturated rings. The number of carbonyl (C=O) groups excluding carboxylic acids is 1. The van der Waals surface area contributed by atoms with Gasteiger partial charge in [0.15, 0.2) is 0 Å². The Bertz CT molecular complexity index is 500. The van der Waals surface area contributed by atoms with Crippen molar-refractivity contribution in [1.82, 2.24) is 24.5 Å². The molecule has 2 heterocycles. The van der Waals surface area contributed by atoms with Crippen LogP contribution in [0.3, 0.4) is 0 Å². The summed E-state index contributed by atoms with van der Waals surface area (Å²) in [4.78, 5) is 15.4. The Morgan fingerprint density at radius 1 is 1.56 bits per heavy atom. The molecule has 8 nitrogen and oxygen atoms in total. The number of anilines is 2. The number of amides is 1. The Morgan fingerprint density at radius 2 is 2.38 bits per heavy atom. The van der Waals surface area contributed by atoms with Crippen LogP contribution in [-0.2, 0) is 18.4 Å². The molecule has 0 radical (unpaired) electrons. The van der Waals surface area contributed by atoms with E-state index in [4.69, 9.17) is 5.73 Å². The minimum absolute atomic E-state index is 0.0874. The van der Waals surface area contributed by atoms with Gasteiger partial charge in [0.1, 0.15) is 12.9 Å². The second-order valence-corrected chi connectivity index (χ2v) is 3.23. The van der Waals surface area contributed by atoms with E-state index in [2.05, 4.69) is 20.5 Å². The number of nitrogens with zero attached hydrogens (tertiary/aromatic N) is 5. The predicted molar refractivity (Wildman–Crippen MR) is 56.3 cm³/mol. The Kier molecular flexibility index (Phi) is 2.54. The number of nitrogens with two attached hydrogens (primary N) is 1. The lowest BCUT2D eigenvalue weighted by Crippen LogP contribution is -2.21. The number of aryl methyl sites for hydroxylation is 1. The van der Waals surface area contributed by atoms with Gasteiger partial charge in [0, 0.05) is 13.2 Å². The molecule has 0 bridgehead atoms. The van der Waals surface area contributed by atoms with Gasteiger partial charge in [0.05, 0.1) is 11.9 Å². The first kappa shape index (κ1) is 10.1. The average Bonchev–Trinajstić information content (AvgIpc) is 2.77. The average molecular weight is 221 g/mol. The number of nitrogens with one attached hydrogen (secondary N) is 1. The normalized spacial score (nSPS) is 10.3. The van der Waals surface area contributed by atoms with E-state index in [1.54, 1.807) is 13.2 Å². The van der Waals surface area contributed by atoms with Crippen molar-refractivity contribution in [2.75, 3.05) is 11.1 Å². The summed E-state index contributed by atoms with van der Waals surface area (Å²) < 4.78 is 2.91. The number of rotatable bonds is 3. The van der Waals surface area contributed by atoms with Crippen molar-refractivity contribution >= 4 is 17.5 Å². The molecule has 0 aliphatic rings. The number of carbonyl (C=O) groups is 1. The lowest BCUT2D eigenvalue weighted by atomic mass is 10.5. The third-order valence-corrected chi connectivity index (χ3v) is 1.92. The maximum Gasteiger partial charge on any atom is 0.248 e. The minimum Gasteiger partial charge on any atom is -0.396 e. The van der Waals surface area contributed by atoms with Gasteiger partial charge in [-0.25, -0.2) is 4.68 Å². The molecular formula is C8H11N7O. The van der Waals surface area contributed by atoms with Crippen molar-refractivity contribution in [1.29, 1.82) is 0 Å². The molecule has 2 aromatic rings. The molecule has 0 atom stereocenters. The Balaban J connectivity index is 1.97. The van der Waals surface area contributed by atoms with Crippen LogP contribution < -0.4 is 11.1 Å². The molecule has 8 heteroatoms. The van der Waals surface area contributed by atoms with E-state index < -0.39 is 0 Å². The molecule has 0 saturated carbocycles. The van der Waals surface area contributed by atoms with E-state index in [-0.39, 0.29) is 12.5 Å². The maximum atomic E-state index is 11.5. The largest absolute Gasteiger partial charge is 0.396 e. The van der Waals surface area contributed by atoms with Gasteiger partial charge < -0.3 is 5.73 Å². The van der Waals surface area contributed by atoms with Crippen molar-refractivity contribution in [3.63, 3.8) is 0 Å². The first-order chi connectivity index (χ1) is 7.65. The zero-order valence-corrected chi connectivity index (χ0v) is 8.66. The van der Waals surface area contributed by atoms with E-state index in [1.165, 1.54) is 21.9 Å². The van der Waals surface area contributed by atoms with Crippen LogP contribution in [0.15, 0.2) is 18.7 Å². The summed E-state index contributed by atoms with van der Waals surface area (Å²) in [6, 6.07) is 0. The molecule has 0 aliphatic carbocycles. The SMILES string of the molecule is Cn1ncnc1NC(=O)Cn1cc(N)cn1. The highest BCUT2D eigenvalue weighted by molar-refractivity contribution is 5.88. The second kappa shape index (κ2) is 4.01. The summed E-state index contributed by atoms with van der Waals surface area (Å²) in [6.45, 7) is 0.0874. The molecule has 3 N–H and O–H groups in total. The summed E-state index contributed by atoms with van der Waals surface area (Å²) in [5.74, 6) is 0.157. The molecule has 0 saturated heterocycles. The van der Waals surface area contributed by atoms with Crippen molar-refractivity contribution in [3.05, 3.63) is 18.7 Å². The molecule has 2 aromatic heterocycles. The molecule has 16 heavy (non-hydrogen) atoms. The number of aromatic nitrogens is 5. The van der Waals surface area contributed by atoms with Crippen LogP contribution in [0.1, 0.15) is 0 Å². The van der Waals surface area contributed by atoms with Crippen molar-refractivity contribution in [3.8, 4) is 0 Å². The summed E-state index contributed by atoms with van der Waals surface area (Å²) in [5.41, 5.74) is 5.99. The quantitative estimate of drug-likeness (QED) is 0.708. The first-order valence-electron chi connectivity index (χ1n) is 4.57. The van der Waals surface area contributed by atoms with Crippen LogP contribution in [0.2, 0.25) is 0 Å². The topological polar surface area (TPSA) is 104 Å². The van der Waals surface area contributed by atoms with Gasteiger partial charge in [0.2, 0.25) is 11.9 Å². The number of hydrogen-bond acceptors (Lipinski definition) is 5. The van der Waals surface area contributed by atoms with Crippen LogP contribution in [0.5, 0.6) is 0 Å². The highest BCUT2D eigenvalue weighted by Gasteiger charge is 2.07. The summed E-state index contributed by atoms with van der Waals surface area (Å²) in [6.07, 6.45) is 4.42. The highest BCUT2D eigenvalue weighted by Crippen LogP contribution is 2.00. The van der Waals surface area contributed by atoms with E-state index in [0.29, 0.717) is 11.6 Å².